The van der Waals surface area contributed by atoms with E-state index in [2.05, 4.69) is 15.3 Å². The number of pyridine rings is 1. The van der Waals surface area contributed by atoms with Crippen LogP contribution in [0, 0.1) is 0 Å². The average molecular weight is 358 g/mol. The second-order valence-corrected chi connectivity index (χ2v) is 8.17. The number of thioether (sulfide) groups is 1. The van der Waals surface area contributed by atoms with Crippen LogP contribution >= 0.6 is 11.8 Å². The molecule has 0 radical (unpaired) electrons. The van der Waals surface area contributed by atoms with E-state index in [1.165, 1.54) is 0 Å². The van der Waals surface area contributed by atoms with Crippen LogP contribution in [0.15, 0.2) is 40.5 Å². The lowest BCUT2D eigenvalue weighted by atomic mass is 9.92. The number of aromatic nitrogens is 3. The monoisotopic (exact) mass is 358 g/mol. The first kappa shape index (κ1) is 17.7. The van der Waals surface area contributed by atoms with Crippen molar-refractivity contribution in [1.82, 2.24) is 19.9 Å². The van der Waals surface area contributed by atoms with Crippen molar-refractivity contribution >= 4 is 17.7 Å². The van der Waals surface area contributed by atoms with Gasteiger partial charge in [0.1, 0.15) is 0 Å². The molecule has 0 aliphatic carbocycles. The van der Waals surface area contributed by atoms with E-state index in [-0.39, 0.29) is 29.3 Å². The second kappa shape index (κ2) is 7.00. The number of nitrogens with one attached hydrogen (secondary N) is 1. The van der Waals surface area contributed by atoms with Crippen LogP contribution in [0.1, 0.15) is 44.5 Å². The summed E-state index contributed by atoms with van der Waals surface area (Å²) in [6, 6.07) is 5.18. The first-order valence-electron chi connectivity index (χ1n) is 8.27. The maximum absolute atomic E-state index is 12.5. The third kappa shape index (κ3) is 4.10. The van der Waals surface area contributed by atoms with Crippen molar-refractivity contribution in [3.8, 4) is 0 Å². The standard InChI is InChI=1S/C18H22N4O2S/c1-18(2,3)14-9-16(24)22-13(11-25-17(22)21-14)8-15(23)20-10-12-4-6-19-7-5-12/h4-7,9,13H,8,10-11H2,1-3H3,(H,20,23). The summed E-state index contributed by atoms with van der Waals surface area (Å²) in [5.74, 6) is 0.625. The van der Waals surface area contributed by atoms with Crippen molar-refractivity contribution < 1.29 is 4.79 Å². The molecule has 0 saturated carbocycles. The molecular formula is C18H22N4O2S. The highest BCUT2D eigenvalue weighted by molar-refractivity contribution is 7.99. The highest BCUT2D eigenvalue weighted by Gasteiger charge is 2.29. The Labute approximate surface area is 151 Å². The SMILES string of the molecule is CC(C)(C)c1cc(=O)n2c(n1)SCC2CC(=O)NCc1ccncc1. The van der Waals surface area contributed by atoms with E-state index < -0.39 is 0 Å². The molecule has 1 amide bonds. The van der Waals surface area contributed by atoms with Crippen molar-refractivity contribution in [3.63, 3.8) is 0 Å². The van der Waals surface area contributed by atoms with Crippen LogP contribution in [0.3, 0.4) is 0 Å². The highest BCUT2D eigenvalue weighted by atomic mass is 32.2. The number of nitrogens with zero attached hydrogens (tertiary/aromatic N) is 3. The Hall–Kier alpha value is -2.15. The van der Waals surface area contributed by atoms with Crippen molar-refractivity contribution in [3.05, 3.63) is 52.2 Å². The lowest BCUT2D eigenvalue weighted by molar-refractivity contribution is -0.121. The smallest absolute Gasteiger partial charge is 0.254 e. The summed E-state index contributed by atoms with van der Waals surface area (Å²) < 4.78 is 1.66. The molecule has 1 unspecified atom stereocenters. The molecule has 0 aromatic carbocycles. The molecule has 25 heavy (non-hydrogen) atoms. The van der Waals surface area contributed by atoms with Gasteiger partial charge < -0.3 is 5.32 Å². The van der Waals surface area contributed by atoms with Crippen LogP contribution in [0.4, 0.5) is 0 Å². The lowest BCUT2D eigenvalue weighted by Crippen LogP contribution is -2.31. The summed E-state index contributed by atoms with van der Waals surface area (Å²) in [4.78, 5) is 33.3. The van der Waals surface area contributed by atoms with Gasteiger partial charge in [0.15, 0.2) is 5.16 Å². The minimum Gasteiger partial charge on any atom is -0.352 e. The summed E-state index contributed by atoms with van der Waals surface area (Å²) in [5.41, 5.74) is 1.54. The maximum atomic E-state index is 12.5. The average Bonchev–Trinajstić information content (AvgIpc) is 2.96. The number of carbonyl (C=O) groups is 1. The molecule has 6 nitrogen and oxygen atoms in total. The molecule has 3 heterocycles. The summed E-state index contributed by atoms with van der Waals surface area (Å²) in [6.07, 6.45) is 3.67. The molecule has 2 aromatic heterocycles. The normalized spacial score (nSPS) is 16.5. The predicted molar refractivity (Wildman–Crippen MR) is 97.7 cm³/mol. The zero-order valence-corrected chi connectivity index (χ0v) is 15.5. The number of amides is 1. The highest BCUT2D eigenvalue weighted by Crippen LogP contribution is 2.33. The van der Waals surface area contributed by atoms with Gasteiger partial charge in [0.2, 0.25) is 5.91 Å². The number of carbonyl (C=O) groups excluding carboxylic acids is 1. The molecule has 0 fully saturated rings. The van der Waals surface area contributed by atoms with E-state index >= 15 is 0 Å². The van der Waals surface area contributed by atoms with Gasteiger partial charge in [0.25, 0.3) is 5.56 Å². The number of fused-ring (bicyclic) bond motifs is 1. The molecule has 0 saturated heterocycles. The fraction of sp³-hybridized carbons (Fsp3) is 0.444. The fourth-order valence-electron chi connectivity index (χ4n) is 2.68. The zero-order valence-electron chi connectivity index (χ0n) is 14.7. The zero-order chi connectivity index (χ0) is 18.0. The van der Waals surface area contributed by atoms with Crippen LogP contribution in [0.5, 0.6) is 0 Å². The van der Waals surface area contributed by atoms with Crippen molar-refractivity contribution in [1.29, 1.82) is 0 Å². The van der Waals surface area contributed by atoms with Gasteiger partial charge in [-0.1, -0.05) is 32.5 Å². The summed E-state index contributed by atoms with van der Waals surface area (Å²) in [7, 11) is 0. The molecule has 3 rings (SSSR count). The molecule has 0 bridgehead atoms. The Morgan fingerprint density at radius 1 is 1.36 bits per heavy atom. The largest absolute Gasteiger partial charge is 0.352 e. The topological polar surface area (TPSA) is 76.9 Å². The van der Waals surface area contributed by atoms with Gasteiger partial charge >= 0.3 is 0 Å². The van der Waals surface area contributed by atoms with E-state index in [9.17, 15) is 9.59 Å². The first-order chi connectivity index (χ1) is 11.8. The number of rotatable bonds is 4. The summed E-state index contributed by atoms with van der Waals surface area (Å²) in [5, 5.41) is 3.61. The van der Waals surface area contributed by atoms with E-state index in [4.69, 9.17) is 0 Å². The molecule has 0 spiro atoms. The Bertz CT molecular complexity index is 827. The molecule has 2 aromatic rings. The van der Waals surface area contributed by atoms with Crippen molar-refractivity contribution in [2.45, 2.75) is 50.4 Å². The number of hydrogen-bond donors (Lipinski definition) is 1. The summed E-state index contributed by atoms with van der Waals surface area (Å²) >= 11 is 1.54. The third-order valence-corrected chi connectivity index (χ3v) is 5.22. The van der Waals surface area contributed by atoms with Gasteiger partial charge in [-0.3, -0.25) is 19.1 Å². The molecule has 1 atom stereocenters. The van der Waals surface area contributed by atoms with Gasteiger partial charge in [0.05, 0.1) is 11.7 Å². The third-order valence-electron chi connectivity index (χ3n) is 4.12. The van der Waals surface area contributed by atoms with E-state index in [0.717, 1.165) is 11.3 Å². The van der Waals surface area contributed by atoms with Crippen LogP contribution in [0.25, 0.3) is 0 Å². The van der Waals surface area contributed by atoms with Gasteiger partial charge in [0, 0.05) is 42.6 Å². The molecule has 1 aliphatic rings. The first-order valence-corrected chi connectivity index (χ1v) is 9.25. The molecule has 1 aliphatic heterocycles. The van der Waals surface area contributed by atoms with E-state index in [0.29, 0.717) is 17.5 Å². The Balaban J connectivity index is 1.69. The van der Waals surface area contributed by atoms with Crippen LogP contribution in [0.2, 0.25) is 0 Å². The van der Waals surface area contributed by atoms with Crippen LogP contribution < -0.4 is 10.9 Å². The van der Waals surface area contributed by atoms with Gasteiger partial charge in [-0.05, 0) is 17.7 Å². The van der Waals surface area contributed by atoms with Crippen LogP contribution in [-0.4, -0.2) is 26.2 Å². The lowest BCUT2D eigenvalue weighted by Gasteiger charge is -2.19. The quantitative estimate of drug-likeness (QED) is 0.849. The Morgan fingerprint density at radius 3 is 2.76 bits per heavy atom. The second-order valence-electron chi connectivity index (χ2n) is 7.18. The Morgan fingerprint density at radius 2 is 2.08 bits per heavy atom. The predicted octanol–water partition coefficient (Wildman–Crippen LogP) is 2.29. The van der Waals surface area contributed by atoms with E-state index in [1.807, 2.05) is 32.9 Å². The van der Waals surface area contributed by atoms with Gasteiger partial charge in [-0.2, -0.15) is 0 Å². The molecule has 1 N–H and O–H groups in total. The molecule has 132 valence electrons. The van der Waals surface area contributed by atoms with Crippen molar-refractivity contribution in [2.75, 3.05) is 5.75 Å². The van der Waals surface area contributed by atoms with Crippen LogP contribution in [-0.2, 0) is 16.8 Å². The maximum Gasteiger partial charge on any atom is 0.254 e. The minimum absolute atomic E-state index is 0.0675. The van der Waals surface area contributed by atoms with Gasteiger partial charge in [-0.25, -0.2) is 4.98 Å². The Kier molecular flexibility index (Phi) is 4.94. The van der Waals surface area contributed by atoms with E-state index in [1.54, 1.807) is 34.8 Å². The van der Waals surface area contributed by atoms with Crippen molar-refractivity contribution in [2.24, 2.45) is 0 Å². The molecular weight excluding hydrogens is 336 g/mol. The minimum atomic E-state index is -0.171. The molecule has 7 heteroatoms. The number of hydrogen-bond acceptors (Lipinski definition) is 5. The fourth-order valence-corrected chi connectivity index (χ4v) is 3.82. The summed E-state index contributed by atoms with van der Waals surface area (Å²) in [6.45, 7) is 6.57. The van der Waals surface area contributed by atoms with Gasteiger partial charge in [-0.15, -0.1) is 0 Å².